The third-order valence-electron chi connectivity index (χ3n) is 1.29. The molecule has 0 heterocycles. The molecule has 0 aliphatic heterocycles. The van der Waals surface area contributed by atoms with Gasteiger partial charge in [0, 0.05) is 17.1 Å². The summed E-state index contributed by atoms with van der Waals surface area (Å²) in [7, 11) is 0. The Balaban J connectivity index is -0.0000000720. The van der Waals surface area contributed by atoms with Gasteiger partial charge < -0.3 is 23.3 Å². The van der Waals surface area contributed by atoms with E-state index in [4.69, 9.17) is 20.4 Å². The minimum Gasteiger partial charge on any atom is -1.00 e. The van der Waals surface area contributed by atoms with Crippen LogP contribution in [0.5, 0.6) is 0 Å². The Bertz CT molecular complexity index is 250. The first-order chi connectivity index (χ1) is 5.78. The van der Waals surface area contributed by atoms with Crippen LogP contribution in [0.15, 0.2) is 0 Å². The van der Waals surface area contributed by atoms with Gasteiger partial charge in [0.05, 0.1) is 12.8 Å². The van der Waals surface area contributed by atoms with Crippen molar-refractivity contribution in [2.75, 3.05) is 0 Å². The molecule has 0 rings (SSSR count). The summed E-state index contributed by atoms with van der Waals surface area (Å²) in [5.74, 6) is -5.02. The fourth-order valence-electron chi connectivity index (χ4n) is 0.714. The number of carboxylic acids is 3. The van der Waals surface area contributed by atoms with E-state index in [9.17, 15) is 14.4 Å². The molecule has 4 N–H and O–H groups in total. The normalized spacial score (nSPS) is 8.81. The van der Waals surface area contributed by atoms with Crippen molar-refractivity contribution in [1.82, 2.24) is 0 Å². The summed E-state index contributed by atoms with van der Waals surface area (Å²) < 4.78 is 0. The van der Waals surface area contributed by atoms with E-state index in [0.29, 0.717) is 0 Å². The van der Waals surface area contributed by atoms with Crippen molar-refractivity contribution in [1.29, 1.82) is 0 Å². The fourth-order valence-corrected chi connectivity index (χ4v) is 0.714. The van der Waals surface area contributed by atoms with Crippen LogP contribution in [-0.4, -0.2) is 43.9 Å². The Hall–Kier alpha value is 0.0843. The summed E-state index contributed by atoms with van der Waals surface area (Å²) in [6.07, 6.45) is -2.29. The van der Waals surface area contributed by atoms with Crippen LogP contribution in [0.25, 0.3) is 0 Å². The molecule has 7 nitrogen and oxygen atoms in total. The fraction of sp³-hybridized carbons (Fsp3) is 0.500. The average molecular weight is 272 g/mol. The molecule has 0 aliphatic carbocycles. The zero-order valence-electron chi connectivity index (χ0n) is 10.7. The van der Waals surface area contributed by atoms with Gasteiger partial charge in [-0.1, -0.05) is 0 Å². The molecule has 89 valence electrons. The van der Waals surface area contributed by atoms with Gasteiger partial charge in [0.2, 0.25) is 0 Å². The van der Waals surface area contributed by atoms with Gasteiger partial charge >= 0.3 is 55.6 Å². The largest absolute Gasteiger partial charge is 1.00 e. The van der Waals surface area contributed by atoms with Crippen LogP contribution in [0, 0.1) is 0 Å². The van der Waals surface area contributed by atoms with E-state index in [1.807, 2.05) is 0 Å². The number of hydrogen-bond acceptors (Lipinski definition) is 4. The van der Waals surface area contributed by atoms with Crippen LogP contribution < -0.4 is 37.7 Å². The Morgan fingerprint density at radius 2 is 1.19 bits per heavy atom. The number of carbonyl (C=O) groups is 3. The SMILES string of the molecule is O=C(O)CC(O)(CC(=O)O)C(=O)O.[Cu].[H-].[H-].[Li+].[Li+]. The van der Waals surface area contributed by atoms with E-state index < -0.39 is 36.4 Å². The van der Waals surface area contributed by atoms with E-state index in [1.54, 1.807) is 0 Å². The summed E-state index contributed by atoms with van der Waals surface area (Å²) in [4.78, 5) is 30.5. The van der Waals surface area contributed by atoms with Gasteiger partial charge in [-0.2, -0.15) is 0 Å². The Kier molecular flexibility index (Phi) is 16.1. The van der Waals surface area contributed by atoms with E-state index in [-0.39, 0.29) is 57.6 Å². The second-order valence-corrected chi connectivity index (χ2v) is 2.48. The molecule has 0 aromatic carbocycles. The van der Waals surface area contributed by atoms with E-state index in [1.165, 1.54) is 0 Å². The van der Waals surface area contributed by atoms with Gasteiger partial charge in [-0.25, -0.2) is 4.79 Å². The van der Waals surface area contributed by atoms with Gasteiger partial charge in [-0.3, -0.25) is 9.59 Å². The Morgan fingerprint density at radius 3 is 1.31 bits per heavy atom. The maximum absolute atomic E-state index is 10.3. The second-order valence-electron chi connectivity index (χ2n) is 2.48. The van der Waals surface area contributed by atoms with Crippen molar-refractivity contribution >= 4 is 17.9 Å². The van der Waals surface area contributed by atoms with Gasteiger partial charge in [0.25, 0.3) is 0 Å². The first-order valence-electron chi connectivity index (χ1n) is 3.17. The molecule has 0 bridgehead atoms. The number of carboxylic acid groups (broad SMARTS) is 3. The summed E-state index contributed by atoms with van der Waals surface area (Å²) in [6.45, 7) is 0. The summed E-state index contributed by atoms with van der Waals surface area (Å²) in [5.41, 5.74) is -2.74. The van der Waals surface area contributed by atoms with Crippen LogP contribution in [0.2, 0.25) is 0 Å². The quantitative estimate of drug-likeness (QED) is 0.365. The zero-order valence-corrected chi connectivity index (χ0v) is 9.67. The maximum Gasteiger partial charge on any atom is 1.00 e. The first kappa shape index (κ1) is 25.1. The number of aliphatic carboxylic acids is 3. The van der Waals surface area contributed by atoms with Crippen LogP contribution in [-0.2, 0) is 31.5 Å². The molecule has 0 unspecified atom stereocenters. The zero-order chi connectivity index (χ0) is 10.6. The van der Waals surface area contributed by atoms with Crippen LogP contribution >= 0.6 is 0 Å². The molecule has 0 aromatic heterocycles. The van der Waals surface area contributed by atoms with E-state index >= 15 is 0 Å². The number of hydrogen-bond donors (Lipinski definition) is 4. The predicted molar refractivity (Wildman–Crippen MR) is 39.3 cm³/mol. The molecule has 0 atom stereocenters. The third kappa shape index (κ3) is 9.32. The van der Waals surface area contributed by atoms with Gasteiger partial charge in [0.1, 0.15) is 0 Å². The minimum absolute atomic E-state index is 0. The van der Waals surface area contributed by atoms with Crippen molar-refractivity contribution in [3.05, 3.63) is 0 Å². The van der Waals surface area contributed by atoms with Crippen molar-refractivity contribution in [2.24, 2.45) is 0 Å². The smallest absolute Gasteiger partial charge is 1.00 e. The summed E-state index contributed by atoms with van der Waals surface area (Å²) in [6, 6.07) is 0. The topological polar surface area (TPSA) is 132 Å². The first-order valence-corrected chi connectivity index (χ1v) is 3.17. The standard InChI is InChI=1S/C6H8O7.Cu.2Li.2H/c7-3(8)1-6(13,5(11)12)2-4(9)10;;;;;/h13H,1-2H2,(H,7,8)(H,9,10)(H,11,12);;;;;/q;;2*+1;2*-1. The second kappa shape index (κ2) is 10.3. The molecule has 0 fully saturated rings. The molecule has 0 spiro atoms. The maximum atomic E-state index is 10.3. The molecule has 0 aromatic rings. The number of aliphatic hydroxyl groups is 1. The van der Waals surface area contributed by atoms with Crippen LogP contribution in [0.4, 0.5) is 0 Å². The van der Waals surface area contributed by atoms with Crippen molar-refractivity contribution in [3.8, 4) is 0 Å². The van der Waals surface area contributed by atoms with E-state index in [2.05, 4.69) is 0 Å². The average Bonchev–Trinajstić information content (AvgIpc) is 1.82. The number of rotatable bonds is 5. The molecular formula is C6H10CuLi2O7. The van der Waals surface area contributed by atoms with Crippen molar-refractivity contribution in [3.63, 3.8) is 0 Å². The Morgan fingerprint density at radius 1 is 0.938 bits per heavy atom. The third-order valence-corrected chi connectivity index (χ3v) is 1.29. The van der Waals surface area contributed by atoms with E-state index in [0.717, 1.165) is 0 Å². The van der Waals surface area contributed by atoms with Gasteiger partial charge in [-0.15, -0.1) is 0 Å². The van der Waals surface area contributed by atoms with Gasteiger partial charge in [-0.05, 0) is 0 Å². The molecule has 10 heteroatoms. The monoisotopic (exact) mass is 271 g/mol. The minimum atomic E-state index is -2.74. The van der Waals surface area contributed by atoms with Gasteiger partial charge in [0.15, 0.2) is 5.60 Å². The molecule has 0 aliphatic rings. The molecule has 0 saturated carbocycles. The molecule has 16 heavy (non-hydrogen) atoms. The molecule has 0 amide bonds. The van der Waals surface area contributed by atoms with Crippen molar-refractivity contribution < 1.29 is 92.5 Å². The Labute approximate surface area is 128 Å². The van der Waals surface area contributed by atoms with Crippen molar-refractivity contribution in [2.45, 2.75) is 18.4 Å². The predicted octanol–water partition coefficient (Wildman–Crippen LogP) is -7.02. The van der Waals surface area contributed by atoms with Crippen LogP contribution in [0.3, 0.4) is 0 Å². The summed E-state index contributed by atoms with van der Waals surface area (Å²) in [5, 5.41) is 33.8. The molecule has 0 saturated heterocycles. The van der Waals surface area contributed by atoms with Crippen LogP contribution in [0.1, 0.15) is 15.7 Å². The molecule has 1 radical (unpaired) electrons. The summed E-state index contributed by atoms with van der Waals surface area (Å²) >= 11 is 0. The molecular weight excluding hydrogens is 261 g/mol.